The molecule has 2 aliphatic rings. The fourth-order valence-corrected chi connectivity index (χ4v) is 5.70. The molecule has 0 spiro atoms. The third-order valence-corrected chi connectivity index (χ3v) is 7.32. The molecular weight excluding hydrogens is 382 g/mol. The maximum Gasteiger partial charge on any atom is 0.270 e. The van der Waals surface area contributed by atoms with Gasteiger partial charge in [-0.3, -0.25) is 4.79 Å². The van der Waals surface area contributed by atoms with E-state index in [9.17, 15) is 13.2 Å². The third-order valence-electron chi connectivity index (χ3n) is 5.56. The fraction of sp³-hybridized carbons (Fsp3) is 0.375. The highest BCUT2D eigenvalue weighted by Gasteiger charge is 2.47. The Morgan fingerprint density at radius 3 is 2.10 bits per heavy atom. The molecule has 0 bridgehead atoms. The maximum absolute atomic E-state index is 13.5. The molecule has 1 heterocycles. The van der Waals surface area contributed by atoms with Gasteiger partial charge in [0.15, 0.2) is 0 Å². The SMILES string of the molecule is C=C/C=C\C1=C(C=C)N(S(=O)(=O)/C(C=C)=C/C=C)C(=O)C1C1CCCCCCC1. The minimum Gasteiger partial charge on any atom is -0.273 e. The number of amides is 1. The van der Waals surface area contributed by atoms with Crippen LogP contribution in [-0.2, 0) is 14.8 Å². The molecule has 29 heavy (non-hydrogen) atoms. The Morgan fingerprint density at radius 1 is 0.966 bits per heavy atom. The topological polar surface area (TPSA) is 54.5 Å². The molecule has 0 aromatic carbocycles. The van der Waals surface area contributed by atoms with Gasteiger partial charge < -0.3 is 0 Å². The van der Waals surface area contributed by atoms with Crippen molar-refractivity contribution in [3.05, 3.63) is 85.0 Å². The molecule has 1 fully saturated rings. The maximum atomic E-state index is 13.5. The molecule has 156 valence electrons. The average Bonchev–Trinajstić information content (AvgIpc) is 2.96. The molecule has 1 amide bonds. The first kappa shape index (κ1) is 22.9. The number of hydrogen-bond donors (Lipinski definition) is 0. The lowest BCUT2D eigenvalue weighted by molar-refractivity contribution is -0.128. The molecule has 5 heteroatoms. The van der Waals surface area contributed by atoms with Crippen molar-refractivity contribution in [2.45, 2.75) is 44.9 Å². The molecule has 1 aliphatic heterocycles. The highest BCUT2D eigenvalue weighted by Crippen LogP contribution is 2.43. The van der Waals surface area contributed by atoms with Crippen molar-refractivity contribution in [2.75, 3.05) is 0 Å². The second-order valence-corrected chi connectivity index (χ2v) is 9.13. The molecule has 1 saturated carbocycles. The van der Waals surface area contributed by atoms with Gasteiger partial charge in [0.2, 0.25) is 5.91 Å². The molecule has 0 aromatic rings. The Hall–Kier alpha value is -2.40. The molecule has 1 aliphatic carbocycles. The van der Waals surface area contributed by atoms with E-state index in [0.29, 0.717) is 11.3 Å². The number of sulfonamides is 1. The van der Waals surface area contributed by atoms with Crippen molar-refractivity contribution in [1.82, 2.24) is 4.31 Å². The molecule has 1 unspecified atom stereocenters. The van der Waals surface area contributed by atoms with Crippen LogP contribution in [0.25, 0.3) is 0 Å². The number of carbonyl (C=O) groups excluding carboxylic acids is 1. The van der Waals surface area contributed by atoms with Crippen molar-refractivity contribution in [1.29, 1.82) is 0 Å². The first-order valence-electron chi connectivity index (χ1n) is 10.1. The predicted octanol–water partition coefficient (Wildman–Crippen LogP) is 5.57. The van der Waals surface area contributed by atoms with Crippen LogP contribution >= 0.6 is 0 Å². The molecule has 1 atom stereocenters. The molecule has 0 saturated heterocycles. The van der Waals surface area contributed by atoms with Crippen molar-refractivity contribution >= 4 is 15.9 Å². The number of allylic oxidation sites excluding steroid dienone is 7. The van der Waals surface area contributed by atoms with E-state index < -0.39 is 21.8 Å². The van der Waals surface area contributed by atoms with Crippen LogP contribution in [0.5, 0.6) is 0 Å². The summed E-state index contributed by atoms with van der Waals surface area (Å²) >= 11 is 0. The zero-order valence-electron chi connectivity index (χ0n) is 17.1. The van der Waals surface area contributed by atoms with Gasteiger partial charge in [-0.2, -0.15) is 0 Å². The summed E-state index contributed by atoms with van der Waals surface area (Å²) in [5, 5.41) is 0. The van der Waals surface area contributed by atoms with Gasteiger partial charge in [0.1, 0.15) is 0 Å². The van der Waals surface area contributed by atoms with Crippen molar-refractivity contribution in [3.8, 4) is 0 Å². The highest BCUT2D eigenvalue weighted by atomic mass is 32.2. The minimum absolute atomic E-state index is 0.0643. The largest absolute Gasteiger partial charge is 0.273 e. The van der Waals surface area contributed by atoms with Crippen LogP contribution in [0.2, 0.25) is 0 Å². The molecule has 4 nitrogen and oxygen atoms in total. The highest BCUT2D eigenvalue weighted by molar-refractivity contribution is 7.93. The monoisotopic (exact) mass is 413 g/mol. The average molecular weight is 414 g/mol. The van der Waals surface area contributed by atoms with E-state index in [0.717, 1.165) is 42.8 Å². The quantitative estimate of drug-likeness (QED) is 0.489. The number of hydrogen-bond acceptors (Lipinski definition) is 3. The summed E-state index contributed by atoms with van der Waals surface area (Å²) in [5.74, 6) is -0.800. The van der Waals surface area contributed by atoms with E-state index in [2.05, 4.69) is 26.3 Å². The lowest BCUT2D eigenvalue weighted by Gasteiger charge is -2.26. The van der Waals surface area contributed by atoms with E-state index in [1.165, 1.54) is 30.7 Å². The van der Waals surface area contributed by atoms with Gasteiger partial charge >= 0.3 is 0 Å². The number of carbonyl (C=O) groups is 1. The van der Waals surface area contributed by atoms with E-state index in [1.807, 2.05) is 0 Å². The number of nitrogens with zero attached hydrogens (tertiary/aromatic N) is 1. The molecular formula is C24H31NO3S. The lowest BCUT2D eigenvalue weighted by Crippen LogP contribution is -2.37. The second kappa shape index (κ2) is 10.4. The molecule has 0 aromatic heterocycles. The van der Waals surface area contributed by atoms with Crippen molar-refractivity contribution in [2.24, 2.45) is 11.8 Å². The van der Waals surface area contributed by atoms with Gasteiger partial charge in [-0.1, -0.05) is 82.7 Å². The van der Waals surface area contributed by atoms with Crippen LogP contribution in [-0.4, -0.2) is 18.6 Å². The van der Waals surface area contributed by atoms with Gasteiger partial charge in [0.05, 0.1) is 16.5 Å². The Balaban J connectivity index is 2.61. The van der Waals surface area contributed by atoms with Crippen LogP contribution in [0.4, 0.5) is 0 Å². The summed E-state index contributed by atoms with van der Waals surface area (Å²) in [4.78, 5) is 13.5. The van der Waals surface area contributed by atoms with E-state index in [1.54, 1.807) is 18.2 Å². The van der Waals surface area contributed by atoms with Crippen molar-refractivity contribution in [3.63, 3.8) is 0 Å². The summed E-state index contributed by atoms with van der Waals surface area (Å²) in [6.45, 7) is 14.7. The summed E-state index contributed by atoms with van der Waals surface area (Å²) in [5.41, 5.74) is 1.01. The predicted molar refractivity (Wildman–Crippen MR) is 120 cm³/mol. The van der Waals surface area contributed by atoms with E-state index in [4.69, 9.17) is 0 Å². The smallest absolute Gasteiger partial charge is 0.270 e. The molecule has 2 rings (SSSR count). The summed E-state index contributed by atoms with van der Waals surface area (Å²) in [6.07, 6.45) is 18.0. The van der Waals surface area contributed by atoms with Gasteiger partial charge in [0, 0.05) is 0 Å². The van der Waals surface area contributed by atoms with Crippen LogP contribution in [0, 0.1) is 11.8 Å². The van der Waals surface area contributed by atoms with E-state index in [-0.39, 0.29) is 10.8 Å². The van der Waals surface area contributed by atoms with Gasteiger partial charge in [-0.25, -0.2) is 12.7 Å². The fourth-order valence-electron chi connectivity index (χ4n) is 4.22. The molecule has 0 N–H and O–H groups in total. The zero-order chi connectivity index (χ0) is 21.4. The normalized spacial score (nSPS) is 22.5. The van der Waals surface area contributed by atoms with Crippen LogP contribution in [0.3, 0.4) is 0 Å². The summed E-state index contributed by atoms with van der Waals surface area (Å²) in [7, 11) is -4.10. The Kier molecular flexibility index (Phi) is 8.21. The van der Waals surface area contributed by atoms with Gasteiger partial charge in [0.25, 0.3) is 10.0 Å². The first-order chi connectivity index (χ1) is 13.9. The van der Waals surface area contributed by atoms with Crippen LogP contribution in [0.1, 0.15) is 44.9 Å². The summed E-state index contributed by atoms with van der Waals surface area (Å²) in [6, 6.07) is 0. The van der Waals surface area contributed by atoms with Gasteiger partial charge in [-0.15, -0.1) is 0 Å². The van der Waals surface area contributed by atoms with Crippen LogP contribution < -0.4 is 0 Å². The van der Waals surface area contributed by atoms with E-state index >= 15 is 0 Å². The number of rotatable bonds is 8. The Bertz CT molecular complexity index is 866. The Morgan fingerprint density at radius 2 is 1.59 bits per heavy atom. The van der Waals surface area contributed by atoms with Gasteiger partial charge in [-0.05, 0) is 42.6 Å². The van der Waals surface area contributed by atoms with Crippen LogP contribution in [0.15, 0.2) is 85.0 Å². The minimum atomic E-state index is -4.10. The third kappa shape index (κ3) is 4.78. The van der Waals surface area contributed by atoms with Crippen molar-refractivity contribution < 1.29 is 13.2 Å². The lowest BCUT2D eigenvalue weighted by atomic mass is 9.78. The summed E-state index contributed by atoms with van der Waals surface area (Å²) < 4.78 is 27.5. The standard InChI is InChI=1S/C24H31NO3S/c1-5-9-18-21-22(8-4)25(29(27,28)20(7-3)15-6-2)24(26)23(21)19-16-13-11-10-12-14-17-19/h5-9,15,18-19,23H,1-4,10-14,16-17H2/b18-9-,20-15+. The Labute approximate surface area is 175 Å². The second-order valence-electron chi connectivity index (χ2n) is 7.34. The first-order valence-corrected chi connectivity index (χ1v) is 11.6. The zero-order valence-corrected chi connectivity index (χ0v) is 17.9. The molecule has 0 radical (unpaired) electrons.